The molecule has 1 N–H and O–H groups in total. The largest absolute Gasteiger partial charge is 0.494 e. The van der Waals surface area contributed by atoms with Gasteiger partial charge in [-0.15, -0.1) is 0 Å². The molecule has 0 radical (unpaired) electrons. The third-order valence-electron chi connectivity index (χ3n) is 4.02. The van der Waals surface area contributed by atoms with E-state index in [-0.39, 0.29) is 23.5 Å². The van der Waals surface area contributed by atoms with Crippen LogP contribution in [0.3, 0.4) is 0 Å². The van der Waals surface area contributed by atoms with Gasteiger partial charge in [-0.2, -0.15) is 0 Å². The van der Waals surface area contributed by atoms with Crippen molar-refractivity contribution in [3.8, 4) is 5.75 Å². The number of nitrogens with one attached hydrogen (secondary N) is 1. The predicted octanol–water partition coefficient (Wildman–Crippen LogP) is 3.57. The third-order valence-corrected chi connectivity index (χ3v) is 4.02. The maximum Gasteiger partial charge on any atom is 0.322 e. The number of hydrogen-bond acceptors (Lipinski definition) is 5. The number of furan rings is 1. The van der Waals surface area contributed by atoms with Crippen LogP contribution < -0.4 is 10.1 Å². The second-order valence-electron chi connectivity index (χ2n) is 5.44. The first-order valence-electron chi connectivity index (χ1n) is 7.53. The number of hydrogen-bond donors (Lipinski definition) is 1. The maximum atomic E-state index is 12.6. The lowest BCUT2D eigenvalue weighted by Crippen LogP contribution is -2.34. The predicted molar refractivity (Wildman–Crippen MR) is 86.1 cm³/mol. The van der Waals surface area contributed by atoms with Crippen molar-refractivity contribution < 1.29 is 18.9 Å². The van der Waals surface area contributed by atoms with Gasteiger partial charge in [0.05, 0.1) is 36.1 Å². The molecule has 0 unspecified atom stereocenters. The number of amides is 2. The summed E-state index contributed by atoms with van der Waals surface area (Å²) in [5.74, 6) is 0.990. The number of nitro groups is 1. The highest BCUT2D eigenvalue weighted by Gasteiger charge is 2.32. The van der Waals surface area contributed by atoms with Gasteiger partial charge in [-0.1, -0.05) is 0 Å². The minimum absolute atomic E-state index is 0.0977. The Bertz CT molecular complexity index is 744. The lowest BCUT2D eigenvalue weighted by atomic mass is 10.2. The molecule has 24 heavy (non-hydrogen) atoms. The van der Waals surface area contributed by atoms with E-state index in [0.717, 1.165) is 18.6 Å². The number of carbonyl (C=O) groups is 1. The van der Waals surface area contributed by atoms with Crippen molar-refractivity contribution in [2.24, 2.45) is 0 Å². The summed E-state index contributed by atoms with van der Waals surface area (Å²) in [7, 11) is 1.40. The van der Waals surface area contributed by atoms with Crippen LogP contribution in [0.25, 0.3) is 0 Å². The molecule has 8 nitrogen and oxygen atoms in total. The molecular weight excluding hydrogens is 314 g/mol. The van der Waals surface area contributed by atoms with Crippen molar-refractivity contribution in [3.63, 3.8) is 0 Å². The monoisotopic (exact) mass is 331 g/mol. The van der Waals surface area contributed by atoms with Gasteiger partial charge in [0, 0.05) is 12.6 Å². The summed E-state index contributed by atoms with van der Waals surface area (Å²) in [6.45, 7) is 0.618. The Kier molecular flexibility index (Phi) is 4.37. The van der Waals surface area contributed by atoms with Crippen molar-refractivity contribution in [1.82, 2.24) is 4.90 Å². The fourth-order valence-electron chi connectivity index (χ4n) is 2.87. The molecule has 126 valence electrons. The zero-order valence-corrected chi connectivity index (χ0v) is 13.1. The number of anilines is 1. The molecular formula is C16H17N3O5. The number of non-ortho nitro benzene ring substituents is 1. The van der Waals surface area contributed by atoms with E-state index in [4.69, 9.17) is 9.15 Å². The molecule has 1 atom stereocenters. The van der Waals surface area contributed by atoms with E-state index in [1.165, 1.54) is 25.3 Å². The van der Waals surface area contributed by atoms with Crippen molar-refractivity contribution in [2.75, 3.05) is 19.0 Å². The van der Waals surface area contributed by atoms with E-state index in [1.54, 1.807) is 17.2 Å². The second kappa shape index (κ2) is 6.61. The van der Waals surface area contributed by atoms with Gasteiger partial charge >= 0.3 is 6.03 Å². The van der Waals surface area contributed by atoms with Gasteiger partial charge in [-0.3, -0.25) is 10.1 Å². The SMILES string of the molecule is COc1cc([N+](=O)[O-])ccc1NC(=O)N1CCC[C@@H]1c1ccco1. The summed E-state index contributed by atoms with van der Waals surface area (Å²) in [5, 5.41) is 13.6. The van der Waals surface area contributed by atoms with Gasteiger partial charge in [-0.25, -0.2) is 4.79 Å². The topological polar surface area (TPSA) is 97.8 Å². The molecule has 1 saturated heterocycles. The highest BCUT2D eigenvalue weighted by molar-refractivity contribution is 5.91. The van der Waals surface area contributed by atoms with Gasteiger partial charge in [0.2, 0.25) is 0 Å². The summed E-state index contributed by atoms with van der Waals surface area (Å²) >= 11 is 0. The Hall–Kier alpha value is -3.03. The van der Waals surface area contributed by atoms with Gasteiger partial charge in [0.15, 0.2) is 0 Å². The number of carbonyl (C=O) groups excluding carboxylic acids is 1. The Labute approximate surface area is 138 Å². The minimum Gasteiger partial charge on any atom is -0.494 e. The van der Waals surface area contributed by atoms with Crippen LogP contribution in [0.1, 0.15) is 24.6 Å². The summed E-state index contributed by atoms with van der Waals surface area (Å²) in [4.78, 5) is 24.6. The summed E-state index contributed by atoms with van der Waals surface area (Å²) < 4.78 is 10.6. The van der Waals surface area contributed by atoms with Crippen LogP contribution in [0.2, 0.25) is 0 Å². The van der Waals surface area contributed by atoms with Gasteiger partial charge < -0.3 is 19.4 Å². The number of rotatable bonds is 4. The molecule has 1 aromatic heterocycles. The van der Waals surface area contributed by atoms with Crippen LogP contribution in [0.5, 0.6) is 5.75 Å². The van der Waals surface area contributed by atoms with Crippen LogP contribution >= 0.6 is 0 Å². The first kappa shape index (κ1) is 15.9. The average Bonchev–Trinajstić information content (AvgIpc) is 3.25. The highest BCUT2D eigenvalue weighted by atomic mass is 16.6. The molecule has 2 aromatic rings. The number of nitrogens with zero attached hydrogens (tertiary/aromatic N) is 2. The van der Waals surface area contributed by atoms with E-state index in [9.17, 15) is 14.9 Å². The molecule has 0 saturated carbocycles. The van der Waals surface area contributed by atoms with Gasteiger partial charge in [-0.05, 0) is 31.0 Å². The Balaban J connectivity index is 1.78. The minimum atomic E-state index is -0.512. The molecule has 8 heteroatoms. The fourth-order valence-corrected chi connectivity index (χ4v) is 2.87. The highest BCUT2D eigenvalue weighted by Crippen LogP contribution is 2.34. The first-order chi connectivity index (χ1) is 11.6. The summed E-state index contributed by atoms with van der Waals surface area (Å²) in [5.41, 5.74) is 0.290. The average molecular weight is 331 g/mol. The summed E-state index contributed by atoms with van der Waals surface area (Å²) in [6, 6.07) is 7.32. The molecule has 1 aliphatic rings. The van der Waals surface area contributed by atoms with Crippen LogP contribution in [-0.4, -0.2) is 29.5 Å². The number of methoxy groups -OCH3 is 1. The normalized spacial score (nSPS) is 16.9. The van der Waals surface area contributed by atoms with Crippen molar-refractivity contribution in [3.05, 3.63) is 52.5 Å². The maximum absolute atomic E-state index is 12.6. The quantitative estimate of drug-likeness (QED) is 0.682. The lowest BCUT2D eigenvalue weighted by molar-refractivity contribution is -0.384. The van der Waals surface area contributed by atoms with E-state index >= 15 is 0 Å². The van der Waals surface area contributed by atoms with Crippen LogP contribution in [0, 0.1) is 10.1 Å². The smallest absolute Gasteiger partial charge is 0.322 e. The molecule has 1 aliphatic heterocycles. The zero-order valence-electron chi connectivity index (χ0n) is 13.1. The zero-order chi connectivity index (χ0) is 17.1. The van der Waals surface area contributed by atoms with E-state index in [0.29, 0.717) is 12.2 Å². The molecule has 0 aliphatic carbocycles. The van der Waals surface area contributed by atoms with Crippen molar-refractivity contribution >= 4 is 17.4 Å². The second-order valence-corrected chi connectivity index (χ2v) is 5.44. The molecule has 3 rings (SSSR count). The number of urea groups is 1. The molecule has 1 fully saturated rings. The van der Waals surface area contributed by atoms with Crippen molar-refractivity contribution in [2.45, 2.75) is 18.9 Å². The Morgan fingerprint density at radius 2 is 2.29 bits per heavy atom. The third kappa shape index (κ3) is 3.03. The van der Waals surface area contributed by atoms with E-state index < -0.39 is 4.92 Å². The molecule has 2 amide bonds. The molecule has 2 heterocycles. The van der Waals surface area contributed by atoms with Gasteiger partial charge in [0.1, 0.15) is 11.5 Å². The van der Waals surface area contributed by atoms with E-state index in [2.05, 4.69) is 5.32 Å². The summed E-state index contributed by atoms with van der Waals surface area (Å²) in [6.07, 6.45) is 3.30. The standard InChI is InChI=1S/C16H17N3O5/c1-23-15-10-11(19(21)22)6-7-12(15)17-16(20)18-8-2-4-13(18)14-5-3-9-24-14/h3,5-7,9-10,13H,2,4,8H2,1H3,(H,17,20)/t13-/m1/s1. The Morgan fingerprint density at radius 1 is 1.46 bits per heavy atom. The molecule has 1 aromatic carbocycles. The van der Waals surface area contributed by atoms with Crippen molar-refractivity contribution in [1.29, 1.82) is 0 Å². The number of benzene rings is 1. The van der Waals surface area contributed by atoms with E-state index in [1.807, 2.05) is 6.07 Å². The van der Waals surface area contributed by atoms with Gasteiger partial charge in [0.25, 0.3) is 5.69 Å². The number of ether oxygens (including phenoxy) is 1. The number of likely N-dealkylation sites (tertiary alicyclic amines) is 1. The number of nitro benzene ring substituents is 1. The fraction of sp³-hybridized carbons (Fsp3) is 0.312. The first-order valence-corrected chi connectivity index (χ1v) is 7.53. The Morgan fingerprint density at radius 3 is 2.96 bits per heavy atom. The molecule has 0 bridgehead atoms. The van der Waals surface area contributed by atoms with Crippen LogP contribution in [0.4, 0.5) is 16.2 Å². The molecule has 0 spiro atoms. The lowest BCUT2D eigenvalue weighted by Gasteiger charge is -2.24. The van der Waals surface area contributed by atoms with Crippen LogP contribution in [0.15, 0.2) is 41.0 Å². The van der Waals surface area contributed by atoms with Crippen LogP contribution in [-0.2, 0) is 0 Å².